The van der Waals surface area contributed by atoms with Gasteiger partial charge in [0.25, 0.3) is 5.91 Å². The molecule has 0 fully saturated rings. The van der Waals surface area contributed by atoms with Gasteiger partial charge in [-0.25, -0.2) is 0 Å². The summed E-state index contributed by atoms with van der Waals surface area (Å²) in [5.41, 5.74) is 0.587. The van der Waals surface area contributed by atoms with Gasteiger partial charge in [0.1, 0.15) is 0 Å². The number of hydrogen-bond acceptors (Lipinski definition) is 4. The second kappa shape index (κ2) is 7.42. The number of rotatable bonds is 6. The molecule has 0 unspecified atom stereocenters. The maximum absolute atomic E-state index is 12.0. The molecule has 0 atom stereocenters. The molecule has 1 rings (SSSR count). The van der Waals surface area contributed by atoms with Crippen LogP contribution in [0.5, 0.6) is 11.5 Å². The Kier molecular flexibility index (Phi) is 6.20. The summed E-state index contributed by atoms with van der Waals surface area (Å²) in [5, 5.41) is 5.80. The van der Waals surface area contributed by atoms with Gasteiger partial charge in [-0.2, -0.15) is 0 Å². The van der Waals surface area contributed by atoms with Crippen molar-refractivity contribution in [1.29, 1.82) is 0 Å². The molecule has 0 aromatic heterocycles. The molecule has 0 saturated heterocycles. The summed E-state index contributed by atoms with van der Waals surface area (Å²) in [6.45, 7) is 1.31. The number of carbonyl (C=O) groups is 1. The monoisotopic (exact) mass is 364 g/mol. The molecule has 2 N–H and O–H groups in total. The molecule has 0 radical (unpaired) electrons. The number of amides is 1. The fourth-order valence-corrected chi connectivity index (χ4v) is 2.11. The smallest absolute Gasteiger partial charge is 0.252 e. The van der Waals surface area contributed by atoms with Crippen LogP contribution in [0.1, 0.15) is 10.4 Å². The van der Waals surface area contributed by atoms with Crippen LogP contribution in [-0.2, 0) is 0 Å². The average molecular weight is 364 g/mol. The summed E-state index contributed by atoms with van der Waals surface area (Å²) in [4.78, 5) is 12.0. The van der Waals surface area contributed by atoms with Gasteiger partial charge in [0.2, 0.25) is 0 Å². The lowest BCUT2D eigenvalue weighted by Gasteiger charge is -2.12. The molecule has 18 heavy (non-hydrogen) atoms. The number of ether oxygens (including phenoxy) is 2. The Bertz CT molecular complexity index is 424. The first-order chi connectivity index (χ1) is 8.63. The predicted octanol–water partition coefficient (Wildman–Crippen LogP) is 1.26. The van der Waals surface area contributed by atoms with Gasteiger partial charge in [0.05, 0.1) is 19.8 Å². The summed E-state index contributed by atoms with van der Waals surface area (Å²) < 4.78 is 11.2. The summed E-state index contributed by atoms with van der Waals surface area (Å²) in [5.74, 6) is 1.06. The third-order valence-corrected chi connectivity index (χ3v) is 3.27. The summed E-state index contributed by atoms with van der Waals surface area (Å²) >= 11 is 2.11. The van der Waals surface area contributed by atoms with E-state index in [0.29, 0.717) is 23.6 Å². The van der Waals surface area contributed by atoms with Gasteiger partial charge < -0.3 is 20.1 Å². The molecule has 1 aromatic carbocycles. The van der Waals surface area contributed by atoms with Crippen molar-refractivity contribution in [3.05, 3.63) is 21.3 Å². The SMILES string of the molecule is CNCCNC(=O)c1cc(OC)c(OC)cc1I. The first-order valence-electron chi connectivity index (χ1n) is 5.48. The zero-order valence-corrected chi connectivity index (χ0v) is 12.8. The second-order valence-corrected chi connectivity index (χ2v) is 4.71. The van der Waals surface area contributed by atoms with Crippen LogP contribution in [0.15, 0.2) is 12.1 Å². The highest BCUT2D eigenvalue weighted by molar-refractivity contribution is 14.1. The molecule has 0 saturated carbocycles. The number of halogens is 1. The Morgan fingerprint density at radius 1 is 1.22 bits per heavy atom. The molecular weight excluding hydrogens is 347 g/mol. The summed E-state index contributed by atoms with van der Waals surface area (Å²) in [6.07, 6.45) is 0. The molecule has 0 spiro atoms. The number of nitrogens with one attached hydrogen (secondary N) is 2. The molecule has 1 aromatic rings. The Labute approximate surface area is 120 Å². The molecule has 1 amide bonds. The maximum Gasteiger partial charge on any atom is 0.252 e. The minimum Gasteiger partial charge on any atom is -0.493 e. The van der Waals surface area contributed by atoms with E-state index in [1.807, 2.05) is 7.05 Å². The van der Waals surface area contributed by atoms with Crippen molar-refractivity contribution in [1.82, 2.24) is 10.6 Å². The summed E-state index contributed by atoms with van der Waals surface area (Å²) in [6, 6.07) is 3.47. The molecule has 6 heteroatoms. The Hall–Kier alpha value is -1.02. The van der Waals surface area contributed by atoms with Crippen molar-refractivity contribution in [2.45, 2.75) is 0 Å². The molecule has 0 aliphatic carbocycles. The minimum atomic E-state index is -0.115. The molecule has 0 aliphatic rings. The van der Waals surface area contributed by atoms with Crippen LogP contribution in [-0.4, -0.2) is 40.3 Å². The van der Waals surface area contributed by atoms with E-state index in [2.05, 4.69) is 33.2 Å². The van der Waals surface area contributed by atoms with Crippen LogP contribution in [0.3, 0.4) is 0 Å². The van der Waals surface area contributed by atoms with Crippen molar-refractivity contribution >= 4 is 28.5 Å². The first-order valence-corrected chi connectivity index (χ1v) is 6.56. The molecule has 100 valence electrons. The van der Waals surface area contributed by atoms with Crippen LogP contribution >= 0.6 is 22.6 Å². The van der Waals surface area contributed by atoms with Gasteiger partial charge in [-0.05, 0) is 41.8 Å². The fourth-order valence-electron chi connectivity index (χ4n) is 1.42. The van der Waals surface area contributed by atoms with Crippen LogP contribution in [0.4, 0.5) is 0 Å². The van der Waals surface area contributed by atoms with Crippen molar-refractivity contribution in [3.8, 4) is 11.5 Å². The van der Waals surface area contributed by atoms with E-state index in [0.717, 1.165) is 10.1 Å². The van der Waals surface area contributed by atoms with Gasteiger partial charge in [-0.3, -0.25) is 4.79 Å². The predicted molar refractivity (Wildman–Crippen MR) is 78.5 cm³/mol. The highest BCUT2D eigenvalue weighted by atomic mass is 127. The topological polar surface area (TPSA) is 59.6 Å². The van der Waals surface area contributed by atoms with Crippen molar-refractivity contribution in [2.24, 2.45) is 0 Å². The van der Waals surface area contributed by atoms with Crippen LogP contribution in [0, 0.1) is 3.57 Å². The number of carbonyl (C=O) groups excluding carboxylic acids is 1. The van der Waals surface area contributed by atoms with E-state index < -0.39 is 0 Å². The molecule has 0 heterocycles. The molecule has 0 bridgehead atoms. The van der Waals surface area contributed by atoms with Gasteiger partial charge in [-0.15, -0.1) is 0 Å². The first kappa shape index (κ1) is 15.0. The van der Waals surface area contributed by atoms with E-state index in [4.69, 9.17) is 9.47 Å². The van der Waals surface area contributed by atoms with Crippen molar-refractivity contribution < 1.29 is 14.3 Å². The van der Waals surface area contributed by atoms with Crippen LogP contribution in [0.2, 0.25) is 0 Å². The van der Waals surface area contributed by atoms with Crippen LogP contribution < -0.4 is 20.1 Å². The molecule has 5 nitrogen and oxygen atoms in total. The lowest BCUT2D eigenvalue weighted by atomic mass is 10.2. The maximum atomic E-state index is 12.0. The molecule has 0 aliphatic heterocycles. The molecular formula is C12H17IN2O3. The third kappa shape index (κ3) is 3.74. The quantitative estimate of drug-likeness (QED) is 0.590. The Balaban J connectivity index is 2.91. The summed E-state index contributed by atoms with van der Waals surface area (Å²) in [7, 11) is 4.96. The standard InChI is InChI=1S/C12H17IN2O3/c1-14-4-5-15-12(16)8-6-10(17-2)11(18-3)7-9(8)13/h6-7,14H,4-5H2,1-3H3,(H,15,16). The highest BCUT2D eigenvalue weighted by Crippen LogP contribution is 2.31. The van der Waals surface area contributed by atoms with E-state index in [9.17, 15) is 4.79 Å². The van der Waals surface area contributed by atoms with Gasteiger partial charge in [-0.1, -0.05) is 0 Å². The van der Waals surface area contributed by atoms with Gasteiger partial charge in [0.15, 0.2) is 11.5 Å². The number of methoxy groups -OCH3 is 2. The highest BCUT2D eigenvalue weighted by Gasteiger charge is 2.14. The van der Waals surface area contributed by atoms with Crippen molar-refractivity contribution in [3.63, 3.8) is 0 Å². The van der Waals surface area contributed by atoms with Gasteiger partial charge in [0, 0.05) is 16.7 Å². The number of benzene rings is 1. The number of likely N-dealkylation sites (N-methyl/N-ethyl adjacent to an activating group) is 1. The van der Waals surface area contributed by atoms with Crippen LogP contribution in [0.25, 0.3) is 0 Å². The largest absolute Gasteiger partial charge is 0.493 e. The van der Waals surface area contributed by atoms with E-state index in [1.165, 1.54) is 0 Å². The van der Waals surface area contributed by atoms with E-state index in [1.54, 1.807) is 26.4 Å². The average Bonchev–Trinajstić information content (AvgIpc) is 2.38. The fraction of sp³-hybridized carbons (Fsp3) is 0.417. The van der Waals surface area contributed by atoms with Crippen molar-refractivity contribution in [2.75, 3.05) is 34.4 Å². The normalized spacial score (nSPS) is 10.0. The lowest BCUT2D eigenvalue weighted by molar-refractivity contribution is 0.0953. The van der Waals surface area contributed by atoms with E-state index in [-0.39, 0.29) is 5.91 Å². The zero-order chi connectivity index (χ0) is 13.5. The van der Waals surface area contributed by atoms with E-state index >= 15 is 0 Å². The third-order valence-electron chi connectivity index (χ3n) is 2.38. The Morgan fingerprint density at radius 3 is 2.39 bits per heavy atom. The second-order valence-electron chi connectivity index (χ2n) is 3.55. The Morgan fingerprint density at radius 2 is 1.83 bits per heavy atom. The zero-order valence-electron chi connectivity index (χ0n) is 10.7. The lowest BCUT2D eigenvalue weighted by Crippen LogP contribution is -2.30. The number of hydrogen-bond donors (Lipinski definition) is 2. The van der Waals surface area contributed by atoms with Gasteiger partial charge >= 0.3 is 0 Å². The minimum absolute atomic E-state index is 0.115.